The topological polar surface area (TPSA) is 80.9 Å². The summed E-state index contributed by atoms with van der Waals surface area (Å²) in [6.07, 6.45) is 3.97. The maximum atomic E-state index is 12.6. The molecule has 1 saturated carbocycles. The largest absolute Gasteiger partial charge is 0.493 e. The predicted molar refractivity (Wildman–Crippen MR) is 130 cm³/mol. The second-order valence-electron chi connectivity index (χ2n) is 7.49. The van der Waals surface area contributed by atoms with Gasteiger partial charge in [-0.1, -0.05) is 23.7 Å². The average Bonchev–Trinajstić information content (AvgIpc) is 3.20. The van der Waals surface area contributed by atoms with Crippen LogP contribution >= 0.6 is 24.0 Å². The Labute approximate surface area is 200 Å². The molecule has 1 aliphatic carbocycles. The van der Waals surface area contributed by atoms with Gasteiger partial charge >= 0.3 is 6.03 Å². The smallest absolute Gasteiger partial charge is 0.319 e. The number of carbonyl (C=O) groups is 1. The van der Waals surface area contributed by atoms with Crippen molar-refractivity contribution in [2.45, 2.75) is 37.8 Å². The molecule has 2 aromatic rings. The minimum Gasteiger partial charge on any atom is -0.493 e. The van der Waals surface area contributed by atoms with E-state index >= 15 is 0 Å². The lowest BCUT2D eigenvalue weighted by Crippen LogP contribution is -2.48. The Morgan fingerprint density at radius 3 is 2.22 bits per heavy atom. The number of rotatable bonds is 9. The van der Waals surface area contributed by atoms with Gasteiger partial charge in [0.1, 0.15) is 0 Å². The Kier molecular flexibility index (Phi) is 10.2. The maximum Gasteiger partial charge on any atom is 0.319 e. The molecular formula is C23H31Cl2N3O4. The summed E-state index contributed by atoms with van der Waals surface area (Å²) in [5.74, 6) is 1.45. The molecule has 0 aromatic heterocycles. The van der Waals surface area contributed by atoms with Crippen LogP contribution in [-0.4, -0.2) is 46.0 Å². The van der Waals surface area contributed by atoms with E-state index in [9.17, 15) is 4.79 Å². The van der Waals surface area contributed by atoms with Crippen molar-refractivity contribution >= 4 is 35.7 Å². The molecule has 0 bridgehead atoms. The predicted octanol–water partition coefficient (Wildman–Crippen LogP) is 4.66. The summed E-state index contributed by atoms with van der Waals surface area (Å²) in [5.41, 5.74) is 1.80. The molecular weight excluding hydrogens is 453 g/mol. The fourth-order valence-electron chi connectivity index (χ4n) is 3.92. The number of hydrogen-bond donors (Lipinski definition) is 3. The van der Waals surface area contributed by atoms with Gasteiger partial charge in [-0.2, -0.15) is 0 Å². The summed E-state index contributed by atoms with van der Waals surface area (Å²) in [7, 11) is 4.63. The van der Waals surface area contributed by atoms with Gasteiger partial charge < -0.3 is 30.2 Å². The maximum absolute atomic E-state index is 12.6. The number of methoxy groups -OCH3 is 3. The summed E-state index contributed by atoms with van der Waals surface area (Å²) in [4.78, 5) is 12.6. The number of hydrogen-bond acceptors (Lipinski definition) is 5. The fourth-order valence-corrected chi connectivity index (χ4v) is 4.04. The van der Waals surface area contributed by atoms with Gasteiger partial charge in [-0.25, -0.2) is 4.79 Å². The highest BCUT2D eigenvalue weighted by Crippen LogP contribution is 2.39. The van der Waals surface area contributed by atoms with Crippen molar-refractivity contribution in [3.8, 4) is 17.2 Å². The van der Waals surface area contributed by atoms with Gasteiger partial charge in [0.25, 0.3) is 0 Å². The zero-order valence-corrected chi connectivity index (χ0v) is 20.1. The second-order valence-corrected chi connectivity index (χ2v) is 7.92. The lowest BCUT2D eigenvalue weighted by Gasteiger charge is -2.23. The van der Waals surface area contributed by atoms with E-state index in [-0.39, 0.29) is 30.5 Å². The summed E-state index contributed by atoms with van der Waals surface area (Å²) < 4.78 is 16.0. The molecule has 1 aliphatic rings. The van der Waals surface area contributed by atoms with Gasteiger partial charge in [0.2, 0.25) is 5.75 Å². The van der Waals surface area contributed by atoms with Gasteiger partial charge in [0, 0.05) is 29.2 Å². The van der Waals surface area contributed by atoms with Gasteiger partial charge in [-0.3, -0.25) is 0 Å². The molecule has 0 saturated heterocycles. The molecule has 0 aliphatic heterocycles. The summed E-state index contributed by atoms with van der Waals surface area (Å²) in [6, 6.07) is 11.4. The van der Waals surface area contributed by atoms with E-state index in [2.05, 4.69) is 16.0 Å². The zero-order chi connectivity index (χ0) is 22.2. The van der Waals surface area contributed by atoms with Gasteiger partial charge in [0.15, 0.2) is 11.5 Å². The molecule has 7 nitrogen and oxygen atoms in total. The third-order valence-corrected chi connectivity index (χ3v) is 5.74. The number of nitrogens with one attached hydrogen (secondary N) is 3. The minimum absolute atomic E-state index is 0. The van der Waals surface area contributed by atoms with Gasteiger partial charge in [-0.05, 0) is 49.9 Å². The van der Waals surface area contributed by atoms with Crippen LogP contribution in [0.2, 0.25) is 5.02 Å². The Hall–Kier alpha value is -2.35. The molecule has 2 atom stereocenters. The van der Waals surface area contributed by atoms with Crippen LogP contribution in [0.1, 0.15) is 24.8 Å². The van der Waals surface area contributed by atoms with Crippen molar-refractivity contribution in [2.24, 2.45) is 0 Å². The highest BCUT2D eigenvalue weighted by atomic mass is 35.5. The first-order chi connectivity index (χ1) is 15.0. The van der Waals surface area contributed by atoms with Crippen molar-refractivity contribution in [1.29, 1.82) is 0 Å². The van der Waals surface area contributed by atoms with E-state index in [1.165, 1.54) is 5.56 Å². The van der Waals surface area contributed by atoms with E-state index in [1.54, 1.807) is 33.5 Å². The summed E-state index contributed by atoms with van der Waals surface area (Å²) >= 11 is 5.94. The molecule has 3 rings (SSSR count). The van der Waals surface area contributed by atoms with Crippen LogP contribution in [0.3, 0.4) is 0 Å². The molecule has 0 unspecified atom stereocenters. The average molecular weight is 484 g/mol. The number of halogens is 2. The van der Waals surface area contributed by atoms with E-state index in [0.717, 1.165) is 37.3 Å². The van der Waals surface area contributed by atoms with Gasteiger partial charge in [-0.15, -0.1) is 12.4 Å². The number of ether oxygens (including phenoxy) is 3. The number of anilines is 1. The van der Waals surface area contributed by atoms with Crippen LogP contribution in [0.25, 0.3) is 0 Å². The van der Waals surface area contributed by atoms with Crippen molar-refractivity contribution < 1.29 is 19.0 Å². The van der Waals surface area contributed by atoms with Crippen LogP contribution in [-0.2, 0) is 6.42 Å². The Morgan fingerprint density at radius 2 is 1.62 bits per heavy atom. The minimum atomic E-state index is -0.259. The van der Waals surface area contributed by atoms with E-state index in [0.29, 0.717) is 22.9 Å². The number of amides is 2. The molecule has 0 spiro atoms. The Balaban J connectivity index is 0.00000363. The van der Waals surface area contributed by atoms with Crippen LogP contribution in [0.4, 0.5) is 10.5 Å². The first-order valence-corrected chi connectivity index (χ1v) is 10.8. The number of urea groups is 1. The standard InChI is InChI=1S/C23H30ClN3O4.ClH/c1-29-20-13-17(14-21(30-2)22(20)31-3)26-23(28)27-19-6-4-5-18(19)25-12-11-15-7-9-16(24)10-8-15;/h7-10,13-14,18-19,25H,4-6,11-12H2,1-3H3,(H2,26,27,28);1H/t18-,19-;/m1./s1. The van der Waals surface area contributed by atoms with E-state index in [4.69, 9.17) is 25.8 Å². The molecule has 2 amide bonds. The van der Waals surface area contributed by atoms with Crippen molar-refractivity contribution in [3.05, 3.63) is 47.0 Å². The highest BCUT2D eigenvalue weighted by molar-refractivity contribution is 6.30. The monoisotopic (exact) mass is 483 g/mol. The Bertz CT molecular complexity index is 855. The summed E-state index contributed by atoms with van der Waals surface area (Å²) in [5, 5.41) is 10.3. The second kappa shape index (κ2) is 12.6. The number of benzene rings is 2. The fraction of sp³-hybridized carbons (Fsp3) is 0.435. The van der Waals surface area contributed by atoms with Crippen molar-refractivity contribution in [1.82, 2.24) is 10.6 Å². The van der Waals surface area contributed by atoms with Crippen LogP contribution in [0, 0.1) is 0 Å². The summed E-state index contributed by atoms with van der Waals surface area (Å²) in [6.45, 7) is 0.846. The molecule has 0 heterocycles. The first kappa shape index (κ1) is 25.9. The van der Waals surface area contributed by atoms with E-state index < -0.39 is 0 Å². The van der Waals surface area contributed by atoms with Crippen LogP contribution in [0.5, 0.6) is 17.2 Å². The highest BCUT2D eigenvalue weighted by Gasteiger charge is 2.28. The van der Waals surface area contributed by atoms with Crippen molar-refractivity contribution in [3.63, 3.8) is 0 Å². The SMILES string of the molecule is COc1cc(NC(=O)N[C@@H]2CCC[C@H]2NCCc2ccc(Cl)cc2)cc(OC)c1OC.Cl. The molecule has 176 valence electrons. The third-order valence-electron chi connectivity index (χ3n) is 5.49. The first-order valence-electron chi connectivity index (χ1n) is 10.4. The van der Waals surface area contributed by atoms with Crippen molar-refractivity contribution in [2.75, 3.05) is 33.2 Å². The molecule has 32 heavy (non-hydrogen) atoms. The normalized spacial score (nSPS) is 17.2. The molecule has 2 aromatic carbocycles. The van der Waals surface area contributed by atoms with Crippen LogP contribution < -0.4 is 30.2 Å². The molecule has 9 heteroatoms. The number of carbonyl (C=O) groups excluding carboxylic acids is 1. The third kappa shape index (κ3) is 6.82. The van der Waals surface area contributed by atoms with E-state index in [1.807, 2.05) is 24.3 Å². The molecule has 1 fully saturated rings. The zero-order valence-electron chi connectivity index (χ0n) is 18.6. The van der Waals surface area contributed by atoms with Gasteiger partial charge in [0.05, 0.1) is 27.0 Å². The molecule has 0 radical (unpaired) electrons. The quantitative estimate of drug-likeness (QED) is 0.483. The lowest BCUT2D eigenvalue weighted by molar-refractivity contribution is 0.246. The Morgan fingerprint density at radius 1 is 1.00 bits per heavy atom. The molecule has 3 N–H and O–H groups in total. The van der Waals surface area contributed by atoms with Crippen LogP contribution in [0.15, 0.2) is 36.4 Å². The lowest BCUT2D eigenvalue weighted by atomic mass is 10.1.